The molecule has 7 rings (SSSR count). The fourth-order valence-corrected chi connectivity index (χ4v) is 12.2. The number of unbranched alkanes of at least 4 members (excludes halogenated alkanes) is 1. The average molecular weight is 1030 g/mol. The zero-order chi connectivity index (χ0) is 52.3. The van der Waals surface area contributed by atoms with Gasteiger partial charge in [0.2, 0.25) is 11.8 Å². The van der Waals surface area contributed by atoms with Crippen molar-refractivity contribution in [2.75, 3.05) is 68.0 Å². The molecule has 73 heavy (non-hydrogen) atoms. The molecule has 5 aromatic rings. The summed E-state index contributed by atoms with van der Waals surface area (Å²) in [6, 6.07) is 30.7. The molecule has 3 amide bonds. The highest BCUT2D eigenvalue weighted by Crippen LogP contribution is 2.50. The molecule has 0 aliphatic carbocycles. The Bertz CT molecular complexity index is 2780. The van der Waals surface area contributed by atoms with Gasteiger partial charge in [-0.3, -0.25) is 14.9 Å². The van der Waals surface area contributed by atoms with E-state index >= 15 is 0 Å². The summed E-state index contributed by atoms with van der Waals surface area (Å²) < 4.78 is 71.7. The van der Waals surface area contributed by atoms with Gasteiger partial charge in [0.1, 0.15) is 24.8 Å². The average Bonchev–Trinajstić information content (AvgIpc) is 3.45. The maximum absolute atomic E-state index is 14.0. The van der Waals surface area contributed by atoms with Gasteiger partial charge in [0.15, 0.2) is 9.84 Å². The van der Waals surface area contributed by atoms with Crippen molar-refractivity contribution in [3.05, 3.63) is 155 Å². The Labute approximate surface area is 426 Å². The van der Waals surface area contributed by atoms with Crippen molar-refractivity contribution < 1.29 is 56.0 Å². The van der Waals surface area contributed by atoms with Gasteiger partial charge in [-0.15, -0.1) is 0 Å². The van der Waals surface area contributed by atoms with Gasteiger partial charge in [0.25, 0.3) is 0 Å². The molecule has 14 nitrogen and oxygen atoms in total. The van der Waals surface area contributed by atoms with E-state index in [0.717, 1.165) is 29.7 Å². The highest BCUT2D eigenvalue weighted by Gasteiger charge is 2.50. The summed E-state index contributed by atoms with van der Waals surface area (Å²) in [7, 11) is -0.0113. The van der Waals surface area contributed by atoms with Gasteiger partial charge in [-0.25, -0.2) is 22.0 Å². The van der Waals surface area contributed by atoms with E-state index in [0.29, 0.717) is 47.3 Å². The molecular formula is C56H66F2N4O10S. The van der Waals surface area contributed by atoms with E-state index < -0.39 is 57.0 Å². The number of hydrogen-bond donors (Lipinski definition) is 4. The van der Waals surface area contributed by atoms with Gasteiger partial charge >= 0.3 is 6.09 Å². The van der Waals surface area contributed by atoms with E-state index in [1.807, 2.05) is 69.2 Å². The molecule has 6 unspecified atom stereocenters. The predicted molar refractivity (Wildman–Crippen MR) is 275 cm³/mol. The first-order valence-corrected chi connectivity index (χ1v) is 26.5. The second kappa shape index (κ2) is 24.7. The Kier molecular flexibility index (Phi) is 18.4. The number of benzene rings is 5. The molecule has 1 saturated heterocycles. The Morgan fingerprint density at radius 3 is 2.23 bits per heavy atom. The van der Waals surface area contributed by atoms with Crippen molar-refractivity contribution in [3.8, 4) is 0 Å². The smallest absolute Gasteiger partial charge is 0.411 e. The fourth-order valence-electron chi connectivity index (χ4n) is 9.92. The van der Waals surface area contributed by atoms with E-state index in [1.165, 1.54) is 36.4 Å². The van der Waals surface area contributed by atoms with Gasteiger partial charge in [-0.1, -0.05) is 75.2 Å². The minimum atomic E-state index is -3.76. The number of carbonyl (C=O) groups excluding carboxylic acids is 3. The van der Waals surface area contributed by atoms with E-state index in [-0.39, 0.29) is 74.5 Å². The van der Waals surface area contributed by atoms with Crippen molar-refractivity contribution in [3.63, 3.8) is 0 Å². The van der Waals surface area contributed by atoms with Gasteiger partial charge < -0.3 is 39.5 Å². The van der Waals surface area contributed by atoms with Crippen LogP contribution in [0, 0.1) is 23.0 Å². The van der Waals surface area contributed by atoms with Crippen LogP contribution in [0.25, 0.3) is 0 Å². The zero-order valence-corrected chi connectivity index (χ0v) is 42.6. The lowest BCUT2D eigenvalue weighted by Gasteiger charge is -2.48. The minimum Gasteiger partial charge on any atom is -0.447 e. The van der Waals surface area contributed by atoms with E-state index in [4.69, 9.17) is 14.2 Å². The normalized spacial score (nSPS) is 20.5. The molecule has 0 aromatic heterocycles. The number of β-lactam (4-membered cyclic amide) rings is 1. The number of fused-ring (bicyclic) bond motifs is 1. The van der Waals surface area contributed by atoms with Crippen LogP contribution in [0.1, 0.15) is 98.3 Å². The highest BCUT2D eigenvalue weighted by atomic mass is 32.2. The lowest BCUT2D eigenvalue weighted by Crippen LogP contribution is -2.55. The standard InChI is InChI=1S/C56H66F2N4O10S/c1-5-7-27-56(6-2)36-73(68,69)49-26-23-45(61(3)4)33-47(49)51(53(56)65)40-9-8-10-43(32-40)60-55(67)72-31-30-70-28-29-71-35-50(64)59-34-37-11-13-39(14-12-37)52-46(24-25-48(63)38-15-17-41(57)18-16-38)54(66)62(52)44-21-19-42(58)20-22-44/h8-23,26,32-33,46,48,51-53,63,65H,5-7,24-25,27-31,34-36H2,1-4H3,(H,59,64)(H,60,67). The van der Waals surface area contributed by atoms with Gasteiger partial charge in [-0.2, -0.15) is 0 Å². The first-order chi connectivity index (χ1) is 35.0. The number of amides is 3. The second-order valence-corrected chi connectivity index (χ2v) is 21.0. The van der Waals surface area contributed by atoms with E-state index in [9.17, 15) is 41.8 Å². The van der Waals surface area contributed by atoms with Crippen LogP contribution in [0.2, 0.25) is 0 Å². The van der Waals surface area contributed by atoms with Crippen LogP contribution in [0.5, 0.6) is 0 Å². The summed E-state index contributed by atoms with van der Waals surface area (Å²) in [5.74, 6) is -2.63. The van der Waals surface area contributed by atoms with Gasteiger partial charge in [0, 0.05) is 49.0 Å². The van der Waals surface area contributed by atoms with Crippen LogP contribution in [0.15, 0.2) is 120 Å². The molecule has 390 valence electrons. The summed E-state index contributed by atoms with van der Waals surface area (Å²) >= 11 is 0. The molecule has 1 fully saturated rings. The number of ether oxygens (including phenoxy) is 3. The van der Waals surface area contributed by atoms with Crippen molar-refractivity contribution in [1.29, 1.82) is 0 Å². The maximum Gasteiger partial charge on any atom is 0.411 e. The third kappa shape index (κ3) is 13.3. The van der Waals surface area contributed by atoms with Crippen LogP contribution < -0.4 is 20.4 Å². The van der Waals surface area contributed by atoms with Gasteiger partial charge in [-0.05, 0) is 120 Å². The van der Waals surface area contributed by atoms with Crippen molar-refractivity contribution in [1.82, 2.24) is 5.32 Å². The number of aliphatic hydroxyl groups is 2. The molecule has 0 radical (unpaired) electrons. The largest absolute Gasteiger partial charge is 0.447 e. The lowest BCUT2D eigenvalue weighted by atomic mass is 9.69. The number of anilines is 3. The Morgan fingerprint density at radius 1 is 0.863 bits per heavy atom. The number of hydrogen-bond acceptors (Lipinski definition) is 11. The third-order valence-electron chi connectivity index (χ3n) is 14.0. The third-order valence-corrected chi connectivity index (χ3v) is 16.0. The summed E-state index contributed by atoms with van der Waals surface area (Å²) in [4.78, 5) is 42.7. The summed E-state index contributed by atoms with van der Waals surface area (Å²) in [6.07, 6.45) is 0.658. The minimum absolute atomic E-state index is 0.0657. The number of rotatable bonds is 23. The van der Waals surface area contributed by atoms with E-state index in [1.54, 1.807) is 47.4 Å². The second-order valence-electron chi connectivity index (χ2n) is 19.1. The molecular weight excluding hydrogens is 959 g/mol. The summed E-state index contributed by atoms with van der Waals surface area (Å²) in [6.45, 7) is 4.24. The summed E-state index contributed by atoms with van der Waals surface area (Å²) in [5, 5.41) is 28.7. The first kappa shape index (κ1) is 54.5. The van der Waals surface area contributed by atoms with Crippen LogP contribution >= 0.6 is 0 Å². The van der Waals surface area contributed by atoms with Crippen molar-refractivity contribution in [2.24, 2.45) is 11.3 Å². The van der Waals surface area contributed by atoms with Crippen molar-refractivity contribution in [2.45, 2.75) is 88.0 Å². The van der Waals surface area contributed by atoms with E-state index in [2.05, 4.69) is 10.6 Å². The highest BCUT2D eigenvalue weighted by molar-refractivity contribution is 7.91. The topological polar surface area (TPSA) is 184 Å². The Morgan fingerprint density at radius 2 is 1.55 bits per heavy atom. The number of sulfone groups is 1. The first-order valence-electron chi connectivity index (χ1n) is 24.8. The maximum atomic E-state index is 14.0. The van der Waals surface area contributed by atoms with Gasteiger partial charge in [0.05, 0.1) is 54.6 Å². The number of carbonyl (C=O) groups is 3. The quantitative estimate of drug-likeness (QED) is 0.0362. The zero-order valence-electron chi connectivity index (χ0n) is 41.8. The Balaban J connectivity index is 0.845. The predicted octanol–water partition coefficient (Wildman–Crippen LogP) is 9.01. The molecule has 5 aromatic carbocycles. The Hall–Kier alpha value is -6.24. The fraction of sp³-hybridized carbons (Fsp3) is 0.411. The molecule has 2 heterocycles. The van der Waals surface area contributed by atoms with Crippen LogP contribution in [-0.4, -0.2) is 95.5 Å². The monoisotopic (exact) mass is 1020 g/mol. The van der Waals surface area contributed by atoms with Crippen molar-refractivity contribution >= 4 is 44.8 Å². The molecule has 0 spiro atoms. The summed E-state index contributed by atoms with van der Waals surface area (Å²) in [5.41, 5.74) is 4.25. The molecule has 0 bridgehead atoms. The lowest BCUT2D eigenvalue weighted by molar-refractivity contribution is -0.131. The number of nitrogens with zero attached hydrogens (tertiary/aromatic N) is 2. The molecule has 2 aliphatic rings. The van der Waals surface area contributed by atoms with Crippen LogP contribution in [0.3, 0.4) is 0 Å². The number of aliphatic hydroxyl groups excluding tert-OH is 2. The number of halogens is 2. The SMILES string of the molecule is CCCCC1(CC)CS(=O)(=O)c2ccc(N(C)C)cc2C(c2cccc(NC(=O)OCCOCCOCC(=O)NCc3ccc(C4C(CCC(O)c5ccc(F)cc5)C(=O)N4c4ccc(F)cc4)cc3)c2)C1O. The molecule has 0 saturated carbocycles. The molecule has 4 N–H and O–H groups in total. The van der Waals surface area contributed by atoms with Crippen LogP contribution in [-0.2, 0) is 40.2 Å². The molecule has 6 atom stereocenters. The van der Waals surface area contributed by atoms with Crippen LogP contribution in [0.4, 0.5) is 30.6 Å². The number of nitrogens with one attached hydrogen (secondary N) is 2. The molecule has 17 heteroatoms. The molecule has 2 aliphatic heterocycles.